The van der Waals surface area contributed by atoms with E-state index in [1.54, 1.807) is 52.1 Å². The topological polar surface area (TPSA) is 99.4 Å². The Morgan fingerprint density at radius 2 is 1.97 bits per heavy atom. The van der Waals surface area contributed by atoms with Crippen molar-refractivity contribution in [1.29, 1.82) is 0 Å². The minimum Gasteiger partial charge on any atom is -0.496 e. The third kappa shape index (κ3) is 5.42. The van der Waals surface area contributed by atoms with Crippen molar-refractivity contribution in [2.24, 2.45) is 5.10 Å². The molecule has 0 aliphatic carbocycles. The maximum atomic E-state index is 12.4. The Balaban J connectivity index is 1.64. The van der Waals surface area contributed by atoms with Gasteiger partial charge in [-0.2, -0.15) is 5.10 Å². The summed E-state index contributed by atoms with van der Waals surface area (Å²) in [5, 5.41) is 4.48. The van der Waals surface area contributed by atoms with E-state index in [0.717, 1.165) is 5.56 Å². The largest absolute Gasteiger partial charge is 0.496 e. The second kappa shape index (κ2) is 9.80. The SMILES string of the molecule is COc1ccccc1/C=N/NC(=O)COc1ccc2oc(C)c(C(=O)OC(C)C)c2c1. The number of furan rings is 1. The predicted molar refractivity (Wildman–Crippen MR) is 116 cm³/mol. The van der Waals surface area contributed by atoms with Crippen LogP contribution in [0.4, 0.5) is 0 Å². The monoisotopic (exact) mass is 424 g/mol. The Labute approximate surface area is 179 Å². The van der Waals surface area contributed by atoms with Crippen molar-refractivity contribution in [3.63, 3.8) is 0 Å². The van der Waals surface area contributed by atoms with Crippen LogP contribution >= 0.6 is 0 Å². The number of nitrogens with zero attached hydrogens (tertiary/aromatic N) is 1. The summed E-state index contributed by atoms with van der Waals surface area (Å²) in [5.74, 6) is 0.616. The quantitative estimate of drug-likeness (QED) is 0.335. The Bertz CT molecular complexity index is 1120. The van der Waals surface area contributed by atoms with Crippen LogP contribution in [0, 0.1) is 6.92 Å². The van der Waals surface area contributed by atoms with Gasteiger partial charge >= 0.3 is 5.97 Å². The lowest BCUT2D eigenvalue weighted by atomic mass is 10.1. The van der Waals surface area contributed by atoms with Gasteiger partial charge < -0.3 is 18.6 Å². The number of nitrogens with one attached hydrogen (secondary N) is 1. The highest BCUT2D eigenvalue weighted by Crippen LogP contribution is 2.30. The summed E-state index contributed by atoms with van der Waals surface area (Å²) in [6, 6.07) is 12.3. The number of amides is 1. The van der Waals surface area contributed by atoms with Crippen LogP contribution in [0.2, 0.25) is 0 Å². The summed E-state index contributed by atoms with van der Waals surface area (Å²) < 4.78 is 21.7. The van der Waals surface area contributed by atoms with Gasteiger partial charge in [-0.1, -0.05) is 12.1 Å². The predicted octanol–water partition coefficient (Wildman–Crippen LogP) is 3.84. The van der Waals surface area contributed by atoms with Gasteiger partial charge in [-0.3, -0.25) is 4.79 Å². The summed E-state index contributed by atoms with van der Waals surface area (Å²) in [4.78, 5) is 24.4. The van der Waals surface area contributed by atoms with Gasteiger partial charge in [0.2, 0.25) is 0 Å². The van der Waals surface area contributed by atoms with E-state index < -0.39 is 11.9 Å². The first-order valence-electron chi connectivity index (χ1n) is 9.71. The van der Waals surface area contributed by atoms with Crippen molar-refractivity contribution in [2.75, 3.05) is 13.7 Å². The number of ether oxygens (including phenoxy) is 3. The Kier molecular flexibility index (Phi) is 6.92. The van der Waals surface area contributed by atoms with Crippen LogP contribution in [-0.4, -0.2) is 37.9 Å². The van der Waals surface area contributed by atoms with E-state index in [1.807, 2.05) is 18.2 Å². The van der Waals surface area contributed by atoms with E-state index in [0.29, 0.717) is 33.8 Å². The van der Waals surface area contributed by atoms with Crippen LogP contribution in [0.25, 0.3) is 11.0 Å². The van der Waals surface area contributed by atoms with Gasteiger partial charge in [0, 0.05) is 10.9 Å². The molecule has 0 atom stereocenters. The molecular formula is C23H24N2O6. The molecule has 0 radical (unpaired) electrons. The average molecular weight is 424 g/mol. The van der Waals surface area contributed by atoms with Crippen molar-refractivity contribution < 1.29 is 28.2 Å². The van der Waals surface area contributed by atoms with Crippen molar-refractivity contribution in [3.05, 3.63) is 59.4 Å². The maximum absolute atomic E-state index is 12.4. The summed E-state index contributed by atoms with van der Waals surface area (Å²) in [5.41, 5.74) is 4.01. The standard InChI is InChI=1S/C23H24N2O6/c1-14(2)30-23(27)22-15(3)31-20-10-9-17(11-18(20)22)29-13-21(26)25-24-12-16-7-5-6-8-19(16)28-4/h5-12,14H,13H2,1-4H3,(H,25,26)/b24-12+. The number of fused-ring (bicyclic) bond motifs is 1. The summed E-state index contributed by atoms with van der Waals surface area (Å²) in [7, 11) is 1.56. The van der Waals surface area contributed by atoms with Gasteiger partial charge in [-0.25, -0.2) is 10.2 Å². The zero-order valence-corrected chi connectivity index (χ0v) is 17.8. The zero-order chi connectivity index (χ0) is 22.4. The highest BCUT2D eigenvalue weighted by Gasteiger charge is 2.21. The number of methoxy groups -OCH3 is 1. The van der Waals surface area contributed by atoms with Crippen LogP contribution in [0.1, 0.15) is 35.5 Å². The molecule has 8 heteroatoms. The Hall–Kier alpha value is -3.81. The van der Waals surface area contributed by atoms with Gasteiger partial charge in [-0.15, -0.1) is 0 Å². The number of para-hydroxylation sites is 1. The van der Waals surface area contributed by atoms with Crippen LogP contribution in [-0.2, 0) is 9.53 Å². The van der Waals surface area contributed by atoms with Gasteiger partial charge in [-0.05, 0) is 51.1 Å². The molecule has 0 aliphatic rings. The van der Waals surface area contributed by atoms with Gasteiger partial charge in [0.05, 0.1) is 19.4 Å². The zero-order valence-electron chi connectivity index (χ0n) is 17.8. The summed E-state index contributed by atoms with van der Waals surface area (Å²) in [6.45, 7) is 5.00. The molecule has 1 amide bonds. The molecule has 0 unspecified atom stereocenters. The lowest BCUT2D eigenvalue weighted by molar-refractivity contribution is -0.123. The molecule has 3 aromatic rings. The van der Waals surface area contributed by atoms with Gasteiger partial charge in [0.1, 0.15) is 28.4 Å². The molecule has 0 saturated heterocycles. The number of carbonyl (C=O) groups excluding carboxylic acids is 2. The molecule has 1 aromatic heterocycles. The number of esters is 1. The lowest BCUT2D eigenvalue weighted by Gasteiger charge is -2.08. The third-order valence-electron chi connectivity index (χ3n) is 4.28. The molecule has 2 aromatic carbocycles. The molecule has 0 spiro atoms. The molecular weight excluding hydrogens is 400 g/mol. The number of hydrazone groups is 1. The number of aryl methyl sites for hydroxylation is 1. The maximum Gasteiger partial charge on any atom is 0.342 e. The molecule has 1 heterocycles. The van der Waals surface area contributed by atoms with E-state index in [9.17, 15) is 9.59 Å². The number of benzene rings is 2. The van der Waals surface area contributed by atoms with E-state index in [-0.39, 0.29) is 12.7 Å². The molecule has 3 rings (SSSR count). The second-order valence-electron chi connectivity index (χ2n) is 6.97. The first kappa shape index (κ1) is 21.9. The molecule has 1 N–H and O–H groups in total. The molecule has 0 bridgehead atoms. The van der Waals surface area contributed by atoms with Crippen molar-refractivity contribution >= 4 is 29.1 Å². The minimum atomic E-state index is -0.466. The highest BCUT2D eigenvalue weighted by molar-refractivity contribution is 6.05. The van der Waals surface area contributed by atoms with Crippen LogP contribution < -0.4 is 14.9 Å². The van der Waals surface area contributed by atoms with E-state index >= 15 is 0 Å². The number of hydrogen-bond donors (Lipinski definition) is 1. The summed E-state index contributed by atoms with van der Waals surface area (Å²) in [6.07, 6.45) is 1.24. The van der Waals surface area contributed by atoms with Gasteiger partial charge in [0.15, 0.2) is 6.61 Å². The van der Waals surface area contributed by atoms with Crippen molar-refractivity contribution in [1.82, 2.24) is 5.43 Å². The van der Waals surface area contributed by atoms with Crippen molar-refractivity contribution in [3.8, 4) is 11.5 Å². The van der Waals surface area contributed by atoms with Crippen molar-refractivity contribution in [2.45, 2.75) is 26.9 Å². The minimum absolute atomic E-state index is 0.253. The molecule has 0 saturated carbocycles. The lowest BCUT2D eigenvalue weighted by Crippen LogP contribution is -2.24. The molecule has 0 fully saturated rings. The number of carbonyl (C=O) groups is 2. The average Bonchev–Trinajstić information content (AvgIpc) is 3.07. The molecule has 162 valence electrons. The van der Waals surface area contributed by atoms with E-state index in [2.05, 4.69) is 10.5 Å². The fourth-order valence-corrected chi connectivity index (χ4v) is 2.94. The van der Waals surface area contributed by atoms with Gasteiger partial charge in [0.25, 0.3) is 5.91 Å². The fourth-order valence-electron chi connectivity index (χ4n) is 2.94. The molecule has 31 heavy (non-hydrogen) atoms. The Morgan fingerprint density at radius 1 is 1.19 bits per heavy atom. The van der Waals surface area contributed by atoms with E-state index in [4.69, 9.17) is 18.6 Å². The number of rotatable bonds is 8. The highest BCUT2D eigenvalue weighted by atomic mass is 16.5. The van der Waals surface area contributed by atoms with Crippen LogP contribution in [0.5, 0.6) is 11.5 Å². The normalized spacial score (nSPS) is 11.1. The molecule has 0 aliphatic heterocycles. The molecule has 8 nitrogen and oxygen atoms in total. The second-order valence-corrected chi connectivity index (χ2v) is 6.97. The Morgan fingerprint density at radius 3 is 2.71 bits per heavy atom. The third-order valence-corrected chi connectivity index (χ3v) is 4.28. The smallest absolute Gasteiger partial charge is 0.342 e. The van der Waals surface area contributed by atoms with E-state index in [1.165, 1.54) is 6.21 Å². The van der Waals surface area contributed by atoms with Crippen LogP contribution in [0.15, 0.2) is 52.0 Å². The first-order chi connectivity index (χ1) is 14.9. The summed E-state index contributed by atoms with van der Waals surface area (Å²) >= 11 is 0. The van der Waals surface area contributed by atoms with Crippen LogP contribution in [0.3, 0.4) is 0 Å². The first-order valence-corrected chi connectivity index (χ1v) is 9.71. The number of hydrogen-bond acceptors (Lipinski definition) is 7. The fraction of sp³-hybridized carbons (Fsp3) is 0.261.